The van der Waals surface area contributed by atoms with Gasteiger partial charge in [0.2, 0.25) is 0 Å². The third kappa shape index (κ3) is 18.0. The lowest BCUT2D eigenvalue weighted by Gasteiger charge is -2.27. The average Bonchev–Trinajstić information content (AvgIpc) is 2.68. The minimum Gasteiger partial charge on any atom is -0.311 e. The number of hydrogen-bond donors (Lipinski definition) is 1. The van der Waals surface area contributed by atoms with Gasteiger partial charge in [0.15, 0.2) is 0 Å². The number of hydrogen-bond acceptors (Lipinski definition) is 1. The number of nitrogens with one attached hydrogen (secondary N) is 1. The van der Waals surface area contributed by atoms with Crippen LogP contribution in [0.4, 0.5) is 0 Å². The van der Waals surface area contributed by atoms with Gasteiger partial charge in [-0.2, -0.15) is 0 Å². The molecule has 0 saturated carbocycles. The molecule has 0 saturated heterocycles. The number of unbranched alkanes of at least 4 members (excludes halogenated alkanes) is 12. The summed E-state index contributed by atoms with van der Waals surface area (Å²) in [5.74, 6) is 1.62. The summed E-state index contributed by atoms with van der Waals surface area (Å²) in [6, 6.07) is 1.38. The highest BCUT2D eigenvalue weighted by Gasteiger charge is 2.16. The van der Waals surface area contributed by atoms with Crippen molar-refractivity contribution in [3.05, 3.63) is 0 Å². The van der Waals surface area contributed by atoms with Crippen LogP contribution in [0.3, 0.4) is 0 Å². The van der Waals surface area contributed by atoms with Gasteiger partial charge in [-0.1, -0.05) is 125 Å². The maximum absolute atomic E-state index is 3.94. The molecule has 0 heterocycles. The summed E-state index contributed by atoms with van der Waals surface area (Å²) in [5, 5.41) is 3.94. The molecule has 0 fully saturated rings. The van der Waals surface area contributed by atoms with Crippen molar-refractivity contribution in [2.45, 2.75) is 163 Å². The van der Waals surface area contributed by atoms with E-state index in [1.807, 2.05) is 0 Å². The maximum Gasteiger partial charge on any atom is 0.00926 e. The summed E-state index contributed by atoms with van der Waals surface area (Å²) in [6.45, 7) is 14.2. The first-order valence-electron chi connectivity index (χ1n) is 13.3. The zero-order valence-electron chi connectivity index (χ0n) is 20.8. The minimum absolute atomic E-state index is 0.678. The Morgan fingerprint density at radius 2 is 1.00 bits per heavy atom. The summed E-state index contributed by atoms with van der Waals surface area (Å²) >= 11 is 0. The molecule has 1 nitrogen and oxygen atoms in total. The summed E-state index contributed by atoms with van der Waals surface area (Å²) in [7, 11) is 0. The zero-order chi connectivity index (χ0) is 21.0. The fraction of sp³-hybridized carbons (Fsp3) is 1.00. The molecule has 0 aromatic heterocycles. The predicted octanol–water partition coefficient (Wildman–Crippen LogP) is 9.30. The van der Waals surface area contributed by atoms with E-state index in [9.17, 15) is 0 Å². The van der Waals surface area contributed by atoms with E-state index in [-0.39, 0.29) is 0 Å². The van der Waals surface area contributed by atoms with E-state index in [2.05, 4.69) is 46.9 Å². The molecule has 0 aromatic rings. The molecule has 170 valence electrons. The zero-order valence-corrected chi connectivity index (χ0v) is 20.8. The Hall–Kier alpha value is -0.0400. The molecule has 0 aliphatic carbocycles. The molecular weight excluding hydrogens is 338 g/mol. The van der Waals surface area contributed by atoms with Crippen LogP contribution in [0.1, 0.15) is 151 Å². The molecule has 0 spiro atoms. The molecule has 0 aromatic carbocycles. The largest absolute Gasteiger partial charge is 0.311 e. The van der Waals surface area contributed by atoms with Gasteiger partial charge in [-0.3, -0.25) is 0 Å². The van der Waals surface area contributed by atoms with Gasteiger partial charge in [0.05, 0.1) is 0 Å². The molecular formula is C27H57N. The Bertz CT molecular complexity index is 299. The Morgan fingerprint density at radius 3 is 1.43 bits per heavy atom. The van der Waals surface area contributed by atoms with Crippen molar-refractivity contribution in [2.75, 3.05) is 0 Å². The lowest BCUT2D eigenvalue weighted by molar-refractivity contribution is 0.307. The fourth-order valence-corrected chi connectivity index (χ4v) is 4.19. The molecule has 0 amide bonds. The van der Waals surface area contributed by atoms with Crippen LogP contribution in [0.2, 0.25) is 0 Å². The van der Waals surface area contributed by atoms with Crippen LogP contribution in [-0.2, 0) is 0 Å². The van der Waals surface area contributed by atoms with Gasteiger partial charge in [0.25, 0.3) is 0 Å². The summed E-state index contributed by atoms with van der Waals surface area (Å²) in [6.07, 6.45) is 24.2. The molecule has 0 rings (SSSR count). The van der Waals surface area contributed by atoms with Crippen LogP contribution in [-0.4, -0.2) is 12.1 Å². The Kier molecular flexibility index (Phi) is 20.2. The third-order valence-electron chi connectivity index (χ3n) is 6.71. The van der Waals surface area contributed by atoms with Crippen LogP contribution >= 0.6 is 0 Å². The third-order valence-corrected chi connectivity index (χ3v) is 6.71. The van der Waals surface area contributed by atoms with Gasteiger partial charge in [-0.25, -0.2) is 0 Å². The Labute approximate surface area is 180 Å². The smallest absolute Gasteiger partial charge is 0.00926 e. The summed E-state index contributed by atoms with van der Waals surface area (Å²) < 4.78 is 0. The molecule has 0 bridgehead atoms. The average molecular weight is 396 g/mol. The second-order valence-corrected chi connectivity index (χ2v) is 10.0. The van der Waals surface area contributed by atoms with Gasteiger partial charge >= 0.3 is 0 Å². The SMILES string of the molecule is CCCCCCCCCCCCCCCC(C)NC(CCC(C)CC)C(C)C. The van der Waals surface area contributed by atoms with E-state index in [0.717, 1.165) is 11.8 Å². The molecule has 28 heavy (non-hydrogen) atoms. The van der Waals surface area contributed by atoms with E-state index < -0.39 is 0 Å². The van der Waals surface area contributed by atoms with Crippen LogP contribution in [0, 0.1) is 11.8 Å². The van der Waals surface area contributed by atoms with Crippen molar-refractivity contribution in [1.82, 2.24) is 5.32 Å². The molecule has 3 atom stereocenters. The predicted molar refractivity (Wildman–Crippen MR) is 130 cm³/mol. The lowest BCUT2D eigenvalue weighted by atomic mass is 9.92. The first-order chi connectivity index (χ1) is 13.5. The van der Waals surface area contributed by atoms with E-state index in [1.165, 1.54) is 109 Å². The van der Waals surface area contributed by atoms with Gasteiger partial charge in [-0.15, -0.1) is 0 Å². The first-order valence-corrected chi connectivity index (χ1v) is 13.3. The first kappa shape index (κ1) is 28.0. The topological polar surface area (TPSA) is 12.0 Å². The summed E-state index contributed by atoms with van der Waals surface area (Å²) in [4.78, 5) is 0. The molecule has 0 aliphatic heterocycles. The van der Waals surface area contributed by atoms with Crippen molar-refractivity contribution in [3.63, 3.8) is 0 Å². The highest BCUT2D eigenvalue weighted by atomic mass is 14.9. The second kappa shape index (κ2) is 20.2. The van der Waals surface area contributed by atoms with Crippen molar-refractivity contribution in [1.29, 1.82) is 0 Å². The Balaban J connectivity index is 3.53. The van der Waals surface area contributed by atoms with Crippen molar-refractivity contribution < 1.29 is 0 Å². The van der Waals surface area contributed by atoms with Crippen molar-refractivity contribution in [2.24, 2.45) is 11.8 Å². The quantitative estimate of drug-likeness (QED) is 0.191. The highest BCUT2D eigenvalue weighted by Crippen LogP contribution is 2.18. The van der Waals surface area contributed by atoms with Crippen LogP contribution in [0.25, 0.3) is 0 Å². The van der Waals surface area contributed by atoms with E-state index >= 15 is 0 Å². The van der Waals surface area contributed by atoms with Crippen molar-refractivity contribution >= 4 is 0 Å². The Morgan fingerprint density at radius 1 is 0.536 bits per heavy atom. The highest BCUT2D eigenvalue weighted by molar-refractivity contribution is 4.75. The van der Waals surface area contributed by atoms with E-state index in [0.29, 0.717) is 12.1 Å². The van der Waals surface area contributed by atoms with E-state index in [1.54, 1.807) is 0 Å². The molecule has 0 radical (unpaired) electrons. The van der Waals surface area contributed by atoms with Gasteiger partial charge < -0.3 is 5.32 Å². The molecule has 0 aliphatic rings. The standard InChI is InChI=1S/C27H57N/c1-7-9-10-11-12-13-14-15-16-17-18-19-20-21-26(6)28-27(24(3)4)23-22-25(5)8-2/h24-28H,7-23H2,1-6H3. The van der Waals surface area contributed by atoms with Gasteiger partial charge in [-0.05, 0) is 38.0 Å². The minimum atomic E-state index is 0.678. The molecule has 3 unspecified atom stereocenters. The lowest BCUT2D eigenvalue weighted by Crippen LogP contribution is -2.40. The van der Waals surface area contributed by atoms with Gasteiger partial charge in [0.1, 0.15) is 0 Å². The van der Waals surface area contributed by atoms with Crippen LogP contribution in [0.15, 0.2) is 0 Å². The van der Waals surface area contributed by atoms with Crippen LogP contribution < -0.4 is 5.32 Å². The monoisotopic (exact) mass is 395 g/mol. The maximum atomic E-state index is 3.94. The summed E-state index contributed by atoms with van der Waals surface area (Å²) in [5.41, 5.74) is 0. The van der Waals surface area contributed by atoms with Gasteiger partial charge in [0, 0.05) is 12.1 Å². The molecule has 1 heteroatoms. The van der Waals surface area contributed by atoms with E-state index in [4.69, 9.17) is 0 Å². The van der Waals surface area contributed by atoms with Crippen LogP contribution in [0.5, 0.6) is 0 Å². The second-order valence-electron chi connectivity index (χ2n) is 10.0. The van der Waals surface area contributed by atoms with Crippen molar-refractivity contribution in [3.8, 4) is 0 Å². The molecule has 1 N–H and O–H groups in total. The number of rotatable bonds is 21. The normalized spacial score (nSPS) is 15.1. The fourth-order valence-electron chi connectivity index (χ4n) is 4.19.